The van der Waals surface area contributed by atoms with Crippen LogP contribution >= 0.6 is 0 Å². The van der Waals surface area contributed by atoms with Crippen LogP contribution in [-0.4, -0.2) is 25.9 Å². The molecule has 1 aliphatic heterocycles. The molecule has 4 atom stereocenters. The molecule has 0 N–H and O–H groups in total. The average Bonchev–Trinajstić information content (AvgIpc) is 2.60. The Morgan fingerprint density at radius 1 is 1.00 bits per heavy atom. The Hall–Kier alpha value is -0.0800. The minimum Gasteiger partial charge on any atom is -0.379 e. The number of rotatable bonds is 0. The van der Waals surface area contributed by atoms with Gasteiger partial charge in [0, 0.05) is 6.61 Å². The Morgan fingerprint density at radius 2 is 2.00 bits per heavy atom. The molecule has 0 amide bonds. The summed E-state index contributed by atoms with van der Waals surface area (Å²) < 4.78 is 11.3. The van der Waals surface area contributed by atoms with Crippen molar-refractivity contribution >= 4 is 0 Å². The van der Waals surface area contributed by atoms with Crippen molar-refractivity contribution < 1.29 is 9.47 Å². The van der Waals surface area contributed by atoms with Crippen LogP contribution in [0.5, 0.6) is 0 Å². The van der Waals surface area contributed by atoms with Gasteiger partial charge in [0.25, 0.3) is 0 Å². The Bertz CT molecular complexity index is 162. The maximum atomic E-state index is 5.78. The molecule has 68 valence electrons. The van der Waals surface area contributed by atoms with Crippen LogP contribution < -0.4 is 0 Å². The number of fused-ring (bicyclic) bond motifs is 1. The van der Waals surface area contributed by atoms with Crippen LogP contribution in [0.2, 0.25) is 0 Å². The van der Waals surface area contributed by atoms with Gasteiger partial charge in [-0.25, -0.2) is 0 Å². The fourth-order valence-corrected chi connectivity index (χ4v) is 3.30. The smallest absolute Gasteiger partial charge is 0.0704 e. The van der Waals surface area contributed by atoms with Crippen LogP contribution in [0.1, 0.15) is 19.3 Å². The normalized spacial score (nSPS) is 52.0. The lowest BCUT2D eigenvalue weighted by Crippen LogP contribution is -2.33. The van der Waals surface area contributed by atoms with Gasteiger partial charge in [0.15, 0.2) is 0 Å². The third-order valence-corrected chi connectivity index (χ3v) is 3.78. The molecule has 4 unspecified atom stereocenters. The quantitative estimate of drug-likeness (QED) is 0.545. The first-order valence-electron chi connectivity index (χ1n) is 5.13. The van der Waals surface area contributed by atoms with Gasteiger partial charge in [-0.1, -0.05) is 0 Å². The SMILES string of the molecule is C1COC2CC3CC(CO1)C2C3. The molecule has 3 aliphatic rings. The van der Waals surface area contributed by atoms with E-state index in [0.717, 1.165) is 37.6 Å². The molecule has 2 saturated carbocycles. The summed E-state index contributed by atoms with van der Waals surface area (Å²) in [5.41, 5.74) is 0. The standard InChI is InChI=1S/C10H16O2/c1-2-12-10-5-7-3-8(6-11-1)9(10)4-7/h7-10H,1-6H2. The summed E-state index contributed by atoms with van der Waals surface area (Å²) >= 11 is 0. The van der Waals surface area contributed by atoms with Crippen molar-refractivity contribution in [2.75, 3.05) is 19.8 Å². The summed E-state index contributed by atoms with van der Waals surface area (Å²) in [6, 6.07) is 0. The average molecular weight is 168 g/mol. The van der Waals surface area contributed by atoms with E-state index in [1.165, 1.54) is 19.3 Å². The van der Waals surface area contributed by atoms with Gasteiger partial charge >= 0.3 is 0 Å². The van der Waals surface area contributed by atoms with Gasteiger partial charge in [-0.15, -0.1) is 0 Å². The number of hydrogen-bond acceptors (Lipinski definition) is 2. The highest BCUT2D eigenvalue weighted by molar-refractivity contribution is 4.96. The highest BCUT2D eigenvalue weighted by atomic mass is 16.5. The molecular weight excluding hydrogens is 152 g/mol. The third kappa shape index (κ3) is 1.01. The summed E-state index contributed by atoms with van der Waals surface area (Å²) in [7, 11) is 0. The van der Waals surface area contributed by atoms with E-state index in [1.54, 1.807) is 0 Å². The van der Waals surface area contributed by atoms with Gasteiger partial charge in [-0.3, -0.25) is 0 Å². The van der Waals surface area contributed by atoms with E-state index in [4.69, 9.17) is 9.47 Å². The Balaban J connectivity index is 1.78. The van der Waals surface area contributed by atoms with Crippen LogP contribution in [0.25, 0.3) is 0 Å². The first kappa shape index (κ1) is 7.34. The lowest BCUT2D eigenvalue weighted by Gasteiger charge is -2.31. The third-order valence-electron chi connectivity index (χ3n) is 3.78. The summed E-state index contributed by atoms with van der Waals surface area (Å²) in [5.74, 6) is 2.64. The molecule has 0 radical (unpaired) electrons. The van der Waals surface area contributed by atoms with E-state index in [-0.39, 0.29) is 0 Å². The molecule has 0 aromatic carbocycles. The van der Waals surface area contributed by atoms with Gasteiger partial charge in [0.1, 0.15) is 0 Å². The van der Waals surface area contributed by atoms with Gasteiger partial charge in [0.05, 0.1) is 19.3 Å². The summed E-state index contributed by atoms with van der Waals surface area (Å²) in [6.45, 7) is 2.63. The molecule has 0 spiro atoms. The molecule has 3 rings (SSSR count). The van der Waals surface area contributed by atoms with Crippen molar-refractivity contribution in [3.63, 3.8) is 0 Å². The van der Waals surface area contributed by atoms with Crippen molar-refractivity contribution in [1.82, 2.24) is 0 Å². The molecule has 2 heteroatoms. The lowest BCUT2D eigenvalue weighted by molar-refractivity contribution is -0.0749. The molecule has 3 fully saturated rings. The maximum Gasteiger partial charge on any atom is 0.0704 e. The highest BCUT2D eigenvalue weighted by Crippen LogP contribution is 2.50. The molecule has 2 bridgehead atoms. The monoisotopic (exact) mass is 168 g/mol. The van der Waals surface area contributed by atoms with Crippen LogP contribution in [0.15, 0.2) is 0 Å². The number of hydrogen-bond donors (Lipinski definition) is 0. The first-order valence-corrected chi connectivity index (χ1v) is 5.13. The van der Waals surface area contributed by atoms with Gasteiger partial charge in [0.2, 0.25) is 0 Å². The number of ether oxygens (including phenoxy) is 2. The van der Waals surface area contributed by atoms with Crippen LogP contribution in [0.3, 0.4) is 0 Å². The van der Waals surface area contributed by atoms with E-state index < -0.39 is 0 Å². The second kappa shape index (κ2) is 2.71. The summed E-state index contributed by atoms with van der Waals surface area (Å²) in [5, 5.41) is 0. The highest BCUT2D eigenvalue weighted by Gasteiger charge is 2.47. The molecule has 2 nitrogen and oxygen atoms in total. The second-order valence-electron chi connectivity index (χ2n) is 4.48. The van der Waals surface area contributed by atoms with Crippen molar-refractivity contribution in [3.8, 4) is 0 Å². The molecule has 12 heavy (non-hydrogen) atoms. The minimum absolute atomic E-state index is 0.595. The Morgan fingerprint density at radius 3 is 2.92 bits per heavy atom. The van der Waals surface area contributed by atoms with Gasteiger partial charge < -0.3 is 9.47 Å². The molecule has 2 aliphatic carbocycles. The van der Waals surface area contributed by atoms with Crippen molar-refractivity contribution in [3.05, 3.63) is 0 Å². The molecular formula is C10H16O2. The predicted octanol–water partition coefficient (Wildman–Crippen LogP) is 1.45. The van der Waals surface area contributed by atoms with E-state index in [9.17, 15) is 0 Å². The fraction of sp³-hybridized carbons (Fsp3) is 1.00. The van der Waals surface area contributed by atoms with Crippen molar-refractivity contribution in [2.24, 2.45) is 17.8 Å². The minimum atomic E-state index is 0.595. The van der Waals surface area contributed by atoms with E-state index in [1.807, 2.05) is 0 Å². The summed E-state index contributed by atoms with van der Waals surface area (Å²) in [6.07, 6.45) is 4.75. The zero-order valence-electron chi connectivity index (χ0n) is 7.37. The predicted molar refractivity (Wildman–Crippen MR) is 44.9 cm³/mol. The molecule has 0 aromatic rings. The zero-order valence-corrected chi connectivity index (χ0v) is 7.37. The molecule has 1 heterocycles. The summed E-state index contributed by atoms with van der Waals surface area (Å²) in [4.78, 5) is 0. The topological polar surface area (TPSA) is 18.5 Å². The van der Waals surface area contributed by atoms with Crippen LogP contribution in [0, 0.1) is 17.8 Å². The Kier molecular flexibility index (Phi) is 1.66. The fourth-order valence-electron chi connectivity index (χ4n) is 3.30. The van der Waals surface area contributed by atoms with Crippen molar-refractivity contribution in [2.45, 2.75) is 25.4 Å². The van der Waals surface area contributed by atoms with Crippen LogP contribution in [0.4, 0.5) is 0 Å². The van der Waals surface area contributed by atoms with E-state index in [2.05, 4.69) is 0 Å². The molecule has 0 aromatic heterocycles. The van der Waals surface area contributed by atoms with E-state index in [0.29, 0.717) is 6.10 Å². The lowest BCUT2D eigenvalue weighted by atomic mass is 9.87. The molecule has 1 saturated heterocycles. The van der Waals surface area contributed by atoms with E-state index >= 15 is 0 Å². The van der Waals surface area contributed by atoms with Crippen LogP contribution in [-0.2, 0) is 9.47 Å². The second-order valence-corrected chi connectivity index (χ2v) is 4.48. The van der Waals surface area contributed by atoms with Gasteiger partial charge in [-0.2, -0.15) is 0 Å². The zero-order chi connectivity index (χ0) is 7.97. The van der Waals surface area contributed by atoms with Crippen molar-refractivity contribution in [1.29, 1.82) is 0 Å². The van der Waals surface area contributed by atoms with Gasteiger partial charge in [-0.05, 0) is 37.0 Å². The Labute approximate surface area is 73.2 Å². The maximum absolute atomic E-state index is 5.78. The first-order chi connectivity index (χ1) is 5.93. The largest absolute Gasteiger partial charge is 0.379 e.